The number of hydrogen-bond acceptors (Lipinski definition) is 3. The Labute approximate surface area is 68.4 Å². The number of ether oxygens (including phenoxy) is 1. The number of aryl methyl sites for hydroxylation is 2. The van der Waals surface area contributed by atoms with E-state index in [0.29, 0.717) is 5.69 Å². The molecule has 0 aliphatic rings. The van der Waals surface area contributed by atoms with Crippen molar-refractivity contribution in [2.75, 3.05) is 0 Å². The maximum absolute atomic E-state index is 11.7. The standard InChI is InChI=1S/C7H8F2N2O/c1-4-3-6(12-7(8)9)11-10-5(4)2/h3,7H,1-2H3. The van der Waals surface area contributed by atoms with E-state index in [1.165, 1.54) is 6.07 Å². The average molecular weight is 174 g/mol. The Balaban J connectivity index is 2.82. The lowest BCUT2D eigenvalue weighted by Crippen LogP contribution is -2.05. The summed E-state index contributed by atoms with van der Waals surface area (Å²) in [6.45, 7) is 0.651. The normalized spacial score (nSPS) is 10.4. The summed E-state index contributed by atoms with van der Waals surface area (Å²) >= 11 is 0. The van der Waals surface area contributed by atoms with Crippen LogP contribution < -0.4 is 4.74 Å². The summed E-state index contributed by atoms with van der Waals surface area (Å²) in [6, 6.07) is 1.43. The van der Waals surface area contributed by atoms with Crippen molar-refractivity contribution in [3.63, 3.8) is 0 Å². The molecule has 0 aromatic carbocycles. The van der Waals surface area contributed by atoms with Gasteiger partial charge in [-0.05, 0) is 19.4 Å². The van der Waals surface area contributed by atoms with E-state index in [0.717, 1.165) is 5.56 Å². The van der Waals surface area contributed by atoms with E-state index in [1.807, 2.05) is 0 Å². The van der Waals surface area contributed by atoms with Crippen molar-refractivity contribution in [1.29, 1.82) is 0 Å². The number of rotatable bonds is 2. The summed E-state index contributed by atoms with van der Waals surface area (Å²) in [7, 11) is 0. The van der Waals surface area contributed by atoms with Crippen LogP contribution in [0.2, 0.25) is 0 Å². The highest BCUT2D eigenvalue weighted by atomic mass is 19.3. The van der Waals surface area contributed by atoms with Crippen LogP contribution in [0.1, 0.15) is 11.3 Å². The highest BCUT2D eigenvalue weighted by molar-refractivity contribution is 5.21. The van der Waals surface area contributed by atoms with E-state index in [9.17, 15) is 8.78 Å². The van der Waals surface area contributed by atoms with Gasteiger partial charge in [-0.25, -0.2) is 0 Å². The van der Waals surface area contributed by atoms with Crippen molar-refractivity contribution in [1.82, 2.24) is 10.2 Å². The first kappa shape index (κ1) is 8.83. The van der Waals surface area contributed by atoms with Gasteiger partial charge in [0.25, 0.3) is 0 Å². The van der Waals surface area contributed by atoms with E-state index < -0.39 is 6.61 Å². The van der Waals surface area contributed by atoms with Gasteiger partial charge < -0.3 is 4.74 Å². The minimum absolute atomic E-state index is 0.145. The molecular formula is C7H8F2N2O. The molecule has 12 heavy (non-hydrogen) atoms. The van der Waals surface area contributed by atoms with Gasteiger partial charge in [0.1, 0.15) is 0 Å². The van der Waals surface area contributed by atoms with E-state index in [-0.39, 0.29) is 5.88 Å². The van der Waals surface area contributed by atoms with Crippen molar-refractivity contribution in [3.05, 3.63) is 17.3 Å². The quantitative estimate of drug-likeness (QED) is 0.684. The molecule has 0 amide bonds. The van der Waals surface area contributed by atoms with Crippen LogP contribution in [0.5, 0.6) is 5.88 Å². The van der Waals surface area contributed by atoms with Crippen molar-refractivity contribution < 1.29 is 13.5 Å². The Kier molecular flexibility index (Phi) is 2.52. The lowest BCUT2D eigenvalue weighted by molar-refractivity contribution is -0.0534. The van der Waals surface area contributed by atoms with Gasteiger partial charge in [-0.3, -0.25) is 0 Å². The third-order valence-corrected chi connectivity index (χ3v) is 1.42. The van der Waals surface area contributed by atoms with Crippen LogP contribution in [0.3, 0.4) is 0 Å². The Morgan fingerprint density at radius 2 is 2.00 bits per heavy atom. The minimum atomic E-state index is -2.85. The van der Waals surface area contributed by atoms with E-state index >= 15 is 0 Å². The van der Waals surface area contributed by atoms with E-state index in [2.05, 4.69) is 14.9 Å². The predicted molar refractivity (Wildman–Crippen MR) is 38.1 cm³/mol. The molecule has 0 spiro atoms. The lowest BCUT2D eigenvalue weighted by atomic mass is 10.2. The zero-order valence-electron chi connectivity index (χ0n) is 6.71. The van der Waals surface area contributed by atoms with Crippen LogP contribution in [0.15, 0.2) is 6.07 Å². The first-order valence-corrected chi connectivity index (χ1v) is 3.35. The molecule has 3 nitrogen and oxygen atoms in total. The zero-order valence-corrected chi connectivity index (χ0v) is 6.71. The van der Waals surface area contributed by atoms with Crippen LogP contribution in [-0.4, -0.2) is 16.8 Å². The maximum Gasteiger partial charge on any atom is 0.388 e. The van der Waals surface area contributed by atoms with Crippen LogP contribution in [0, 0.1) is 13.8 Å². The summed E-state index contributed by atoms with van der Waals surface area (Å²) < 4.78 is 27.4. The van der Waals surface area contributed by atoms with Crippen molar-refractivity contribution in [2.45, 2.75) is 20.5 Å². The van der Waals surface area contributed by atoms with Gasteiger partial charge in [-0.1, -0.05) is 0 Å². The van der Waals surface area contributed by atoms with Crippen molar-refractivity contribution >= 4 is 0 Å². The van der Waals surface area contributed by atoms with Gasteiger partial charge in [0.2, 0.25) is 5.88 Å². The fourth-order valence-electron chi connectivity index (χ4n) is 0.671. The molecule has 1 aromatic rings. The van der Waals surface area contributed by atoms with Crippen LogP contribution in [0.25, 0.3) is 0 Å². The molecule has 0 N–H and O–H groups in total. The second kappa shape index (κ2) is 3.42. The summed E-state index contributed by atoms with van der Waals surface area (Å²) in [5.74, 6) is -0.145. The first-order valence-electron chi connectivity index (χ1n) is 3.35. The predicted octanol–water partition coefficient (Wildman–Crippen LogP) is 1.69. The molecule has 0 bridgehead atoms. The van der Waals surface area contributed by atoms with E-state index in [1.54, 1.807) is 13.8 Å². The molecule has 0 saturated heterocycles. The van der Waals surface area contributed by atoms with Gasteiger partial charge in [0.15, 0.2) is 0 Å². The summed E-state index contributed by atoms with van der Waals surface area (Å²) in [4.78, 5) is 0. The second-order valence-electron chi connectivity index (χ2n) is 2.33. The van der Waals surface area contributed by atoms with Gasteiger partial charge in [0.05, 0.1) is 5.69 Å². The Bertz CT molecular complexity index is 278. The summed E-state index contributed by atoms with van der Waals surface area (Å²) in [5, 5.41) is 7.05. The molecule has 1 rings (SSSR count). The van der Waals surface area contributed by atoms with Crippen molar-refractivity contribution in [2.24, 2.45) is 0 Å². The molecule has 0 aliphatic carbocycles. The fraction of sp³-hybridized carbons (Fsp3) is 0.429. The second-order valence-corrected chi connectivity index (χ2v) is 2.33. The molecule has 0 aliphatic heterocycles. The molecule has 0 fully saturated rings. The molecule has 0 unspecified atom stereocenters. The van der Waals surface area contributed by atoms with Crippen LogP contribution in [-0.2, 0) is 0 Å². The van der Waals surface area contributed by atoms with Gasteiger partial charge in [0, 0.05) is 6.07 Å². The molecule has 1 aromatic heterocycles. The minimum Gasteiger partial charge on any atom is -0.415 e. The van der Waals surface area contributed by atoms with Crippen LogP contribution in [0.4, 0.5) is 8.78 Å². The van der Waals surface area contributed by atoms with Gasteiger partial charge in [-0.15, -0.1) is 5.10 Å². The average Bonchev–Trinajstić information content (AvgIpc) is 1.96. The molecular weight excluding hydrogens is 166 g/mol. The fourth-order valence-corrected chi connectivity index (χ4v) is 0.671. The highest BCUT2D eigenvalue weighted by Gasteiger charge is 2.06. The number of alkyl halides is 2. The lowest BCUT2D eigenvalue weighted by Gasteiger charge is -2.03. The molecule has 0 atom stereocenters. The maximum atomic E-state index is 11.7. The Morgan fingerprint density at radius 1 is 1.33 bits per heavy atom. The number of halogens is 2. The highest BCUT2D eigenvalue weighted by Crippen LogP contribution is 2.12. The molecule has 0 radical (unpaired) electrons. The Morgan fingerprint density at radius 3 is 2.50 bits per heavy atom. The largest absolute Gasteiger partial charge is 0.415 e. The summed E-state index contributed by atoms with van der Waals surface area (Å²) in [6.07, 6.45) is 0. The first-order chi connectivity index (χ1) is 5.59. The number of hydrogen-bond donors (Lipinski definition) is 0. The Hall–Kier alpha value is -1.26. The topological polar surface area (TPSA) is 35.0 Å². The molecule has 1 heterocycles. The number of aromatic nitrogens is 2. The van der Waals surface area contributed by atoms with Gasteiger partial charge in [-0.2, -0.15) is 13.9 Å². The molecule has 66 valence electrons. The number of nitrogens with zero attached hydrogens (tertiary/aromatic N) is 2. The third-order valence-electron chi connectivity index (χ3n) is 1.42. The molecule has 0 saturated carbocycles. The summed E-state index contributed by atoms with van der Waals surface area (Å²) in [5.41, 5.74) is 1.48. The smallest absolute Gasteiger partial charge is 0.388 e. The third kappa shape index (κ3) is 2.11. The zero-order chi connectivity index (χ0) is 9.14. The molecule has 5 heteroatoms. The van der Waals surface area contributed by atoms with Gasteiger partial charge >= 0.3 is 6.61 Å². The van der Waals surface area contributed by atoms with Crippen LogP contribution >= 0.6 is 0 Å². The van der Waals surface area contributed by atoms with Crippen molar-refractivity contribution in [3.8, 4) is 5.88 Å². The monoisotopic (exact) mass is 174 g/mol. The van der Waals surface area contributed by atoms with E-state index in [4.69, 9.17) is 0 Å². The SMILES string of the molecule is Cc1cc(OC(F)F)nnc1C.